The molecule has 6 heteroatoms. The van der Waals surface area contributed by atoms with Gasteiger partial charge in [0.25, 0.3) is 0 Å². The van der Waals surface area contributed by atoms with E-state index < -0.39 is 12.1 Å². The number of aliphatic hydroxyl groups is 2. The smallest absolute Gasteiger partial charge is 0.305 e. The summed E-state index contributed by atoms with van der Waals surface area (Å²) in [5.41, 5.74) is 0. The standard InChI is InChI=1S/C81H157NO5/c1-3-5-7-9-11-13-15-17-19-21-38-43-47-51-55-59-63-67-71-75-81(86)87-76-72-68-64-60-56-52-48-44-40-37-35-33-31-29-27-25-23-24-26-28-30-32-34-36-39-42-46-50-54-58-62-66-70-74-80(85)82-78(77-83)79(84)73-69-65-61-57-53-49-45-41-22-20-18-16-14-12-10-8-6-4-2/h17,19,69,73,78-79,83-84H,3-16,18,20-68,70-72,74-77H2,1-2H3,(H,82,85)/b19-17-,73-69+. The Labute approximate surface area is 545 Å². The van der Waals surface area contributed by atoms with Crippen LogP contribution in [0.15, 0.2) is 24.3 Å². The van der Waals surface area contributed by atoms with E-state index in [1.165, 1.54) is 392 Å². The molecular formula is C81H157NO5. The van der Waals surface area contributed by atoms with Crippen molar-refractivity contribution in [3.63, 3.8) is 0 Å². The monoisotopic (exact) mass is 1220 g/mol. The van der Waals surface area contributed by atoms with Crippen molar-refractivity contribution >= 4 is 11.9 Å². The molecule has 0 aromatic carbocycles. The van der Waals surface area contributed by atoms with E-state index in [9.17, 15) is 19.8 Å². The zero-order chi connectivity index (χ0) is 62.8. The summed E-state index contributed by atoms with van der Waals surface area (Å²) in [6.07, 6.45) is 98.8. The topological polar surface area (TPSA) is 95.9 Å². The predicted octanol–water partition coefficient (Wildman–Crippen LogP) is 26.4. The van der Waals surface area contributed by atoms with Gasteiger partial charge in [0.1, 0.15) is 0 Å². The van der Waals surface area contributed by atoms with Gasteiger partial charge >= 0.3 is 5.97 Å². The third-order valence-electron chi connectivity index (χ3n) is 19.0. The second-order valence-corrected chi connectivity index (χ2v) is 27.8. The Kier molecular flexibility index (Phi) is 75.3. The van der Waals surface area contributed by atoms with Crippen LogP contribution in [0.5, 0.6) is 0 Å². The molecule has 2 unspecified atom stereocenters. The molecule has 516 valence electrons. The molecule has 0 aromatic rings. The highest BCUT2D eigenvalue weighted by Gasteiger charge is 2.18. The average molecular weight is 1230 g/mol. The normalized spacial score (nSPS) is 12.6. The number of ether oxygens (including phenoxy) is 1. The van der Waals surface area contributed by atoms with Crippen molar-refractivity contribution in [3.05, 3.63) is 24.3 Å². The van der Waals surface area contributed by atoms with E-state index in [0.717, 1.165) is 38.5 Å². The first-order valence-electron chi connectivity index (χ1n) is 40.1. The molecule has 0 aliphatic heterocycles. The van der Waals surface area contributed by atoms with E-state index in [4.69, 9.17) is 4.74 Å². The summed E-state index contributed by atoms with van der Waals surface area (Å²) in [6, 6.07) is -0.624. The minimum absolute atomic E-state index is 0.0221. The number of allylic oxidation sites excluding steroid dienone is 3. The lowest BCUT2D eigenvalue weighted by atomic mass is 10.0. The third-order valence-corrected chi connectivity index (χ3v) is 19.0. The second kappa shape index (κ2) is 76.8. The number of esters is 1. The minimum Gasteiger partial charge on any atom is -0.466 e. The summed E-state index contributed by atoms with van der Waals surface area (Å²) >= 11 is 0. The van der Waals surface area contributed by atoms with Crippen molar-refractivity contribution in [2.75, 3.05) is 13.2 Å². The van der Waals surface area contributed by atoms with Gasteiger partial charge in [-0.1, -0.05) is 411 Å². The minimum atomic E-state index is -0.841. The number of nitrogens with one attached hydrogen (secondary N) is 1. The number of hydrogen-bond donors (Lipinski definition) is 3. The van der Waals surface area contributed by atoms with Gasteiger partial charge in [-0.2, -0.15) is 0 Å². The Balaban J connectivity index is 3.32. The first kappa shape index (κ1) is 85.3. The van der Waals surface area contributed by atoms with Gasteiger partial charge in [-0.05, 0) is 57.8 Å². The Hall–Kier alpha value is -1.66. The van der Waals surface area contributed by atoms with Crippen LogP contribution in [0.1, 0.15) is 457 Å². The van der Waals surface area contributed by atoms with Crippen LogP contribution in [0.3, 0.4) is 0 Å². The van der Waals surface area contributed by atoms with E-state index in [1.807, 2.05) is 6.08 Å². The zero-order valence-corrected chi connectivity index (χ0v) is 59.3. The van der Waals surface area contributed by atoms with Crippen molar-refractivity contribution < 1.29 is 24.5 Å². The van der Waals surface area contributed by atoms with E-state index >= 15 is 0 Å². The van der Waals surface area contributed by atoms with E-state index in [-0.39, 0.29) is 18.5 Å². The quantitative estimate of drug-likeness (QED) is 0.0320. The van der Waals surface area contributed by atoms with Crippen LogP contribution in [0.4, 0.5) is 0 Å². The first-order chi connectivity index (χ1) is 43.0. The average Bonchev–Trinajstić information content (AvgIpc) is 3.59. The van der Waals surface area contributed by atoms with Gasteiger partial charge in [0, 0.05) is 12.8 Å². The molecule has 0 bridgehead atoms. The maximum Gasteiger partial charge on any atom is 0.305 e. The van der Waals surface area contributed by atoms with Crippen molar-refractivity contribution in [1.82, 2.24) is 5.32 Å². The molecule has 0 aromatic heterocycles. The van der Waals surface area contributed by atoms with Crippen LogP contribution in [-0.2, 0) is 14.3 Å². The molecule has 0 heterocycles. The number of rotatable bonds is 76. The van der Waals surface area contributed by atoms with Crippen LogP contribution in [0, 0.1) is 0 Å². The maximum atomic E-state index is 12.5. The molecule has 0 rings (SSSR count). The highest BCUT2D eigenvalue weighted by atomic mass is 16.5. The van der Waals surface area contributed by atoms with Crippen molar-refractivity contribution in [3.8, 4) is 0 Å². The molecule has 3 N–H and O–H groups in total. The molecule has 0 aliphatic carbocycles. The molecule has 0 fully saturated rings. The number of amides is 1. The van der Waals surface area contributed by atoms with Crippen LogP contribution in [0.25, 0.3) is 0 Å². The largest absolute Gasteiger partial charge is 0.466 e. The number of aliphatic hydroxyl groups excluding tert-OH is 2. The van der Waals surface area contributed by atoms with Gasteiger partial charge < -0.3 is 20.3 Å². The molecular weight excluding hydrogens is 1070 g/mol. The maximum absolute atomic E-state index is 12.5. The summed E-state index contributed by atoms with van der Waals surface area (Å²) in [5, 5.41) is 23.2. The Bertz CT molecular complexity index is 1360. The highest BCUT2D eigenvalue weighted by Crippen LogP contribution is 2.20. The van der Waals surface area contributed by atoms with Crippen molar-refractivity contribution in [2.45, 2.75) is 469 Å². The molecule has 0 spiro atoms. The van der Waals surface area contributed by atoms with Crippen molar-refractivity contribution in [1.29, 1.82) is 0 Å². The second-order valence-electron chi connectivity index (χ2n) is 27.8. The molecule has 87 heavy (non-hydrogen) atoms. The Morgan fingerprint density at radius 1 is 0.310 bits per heavy atom. The van der Waals surface area contributed by atoms with Crippen LogP contribution >= 0.6 is 0 Å². The molecule has 0 saturated heterocycles. The SMILES string of the molecule is CCCCCCCC/C=C\CCCCCCCCCCCC(=O)OCCCCCCCCCCCCCCCCCCCCCCCCCCCCCCCCCCCC(=O)NC(CO)C(O)/C=C/CCCCCCCCCCCCCCCCCC. The van der Waals surface area contributed by atoms with E-state index in [1.54, 1.807) is 6.08 Å². The van der Waals surface area contributed by atoms with Crippen LogP contribution in [0.2, 0.25) is 0 Å². The van der Waals surface area contributed by atoms with Gasteiger partial charge in [0.2, 0.25) is 5.91 Å². The Morgan fingerprint density at radius 2 is 0.540 bits per heavy atom. The molecule has 0 radical (unpaired) electrons. The molecule has 6 nitrogen and oxygen atoms in total. The summed E-state index contributed by atoms with van der Waals surface area (Å²) in [5.74, 6) is -0.0369. The van der Waals surface area contributed by atoms with Crippen LogP contribution < -0.4 is 5.32 Å². The summed E-state index contributed by atoms with van der Waals surface area (Å²) in [7, 11) is 0. The lowest BCUT2D eigenvalue weighted by Gasteiger charge is -2.20. The number of unbranched alkanes of at least 4 members (excludes halogenated alkanes) is 63. The van der Waals surface area contributed by atoms with E-state index in [0.29, 0.717) is 19.4 Å². The lowest BCUT2D eigenvalue weighted by Crippen LogP contribution is -2.45. The molecule has 0 saturated carbocycles. The summed E-state index contributed by atoms with van der Waals surface area (Å²) in [6.45, 7) is 4.95. The number of carbonyl (C=O) groups is 2. The van der Waals surface area contributed by atoms with Gasteiger partial charge in [-0.3, -0.25) is 9.59 Å². The predicted molar refractivity (Wildman–Crippen MR) is 384 cm³/mol. The fourth-order valence-corrected chi connectivity index (χ4v) is 12.9. The number of hydrogen-bond acceptors (Lipinski definition) is 5. The zero-order valence-electron chi connectivity index (χ0n) is 59.3. The van der Waals surface area contributed by atoms with E-state index in [2.05, 4.69) is 31.3 Å². The highest BCUT2D eigenvalue weighted by molar-refractivity contribution is 5.76. The van der Waals surface area contributed by atoms with Gasteiger partial charge in [0.05, 0.1) is 25.4 Å². The third kappa shape index (κ3) is 73.3. The fourth-order valence-electron chi connectivity index (χ4n) is 12.9. The van der Waals surface area contributed by atoms with Crippen LogP contribution in [-0.4, -0.2) is 47.4 Å². The van der Waals surface area contributed by atoms with Crippen molar-refractivity contribution in [2.24, 2.45) is 0 Å². The van der Waals surface area contributed by atoms with Gasteiger partial charge in [-0.25, -0.2) is 0 Å². The summed E-state index contributed by atoms with van der Waals surface area (Å²) < 4.78 is 5.52. The summed E-state index contributed by atoms with van der Waals surface area (Å²) in [4.78, 5) is 24.7. The molecule has 2 atom stereocenters. The van der Waals surface area contributed by atoms with Gasteiger partial charge in [0.15, 0.2) is 0 Å². The molecule has 0 aliphatic rings. The first-order valence-corrected chi connectivity index (χ1v) is 40.1. The number of carbonyl (C=O) groups excluding carboxylic acids is 2. The molecule has 1 amide bonds. The Morgan fingerprint density at radius 3 is 0.816 bits per heavy atom. The fraction of sp³-hybridized carbons (Fsp3) is 0.926. The van der Waals surface area contributed by atoms with Gasteiger partial charge in [-0.15, -0.1) is 0 Å². The lowest BCUT2D eigenvalue weighted by molar-refractivity contribution is -0.143.